The van der Waals surface area contributed by atoms with Crippen molar-refractivity contribution < 1.29 is 0 Å². The molecule has 0 N–H and O–H groups in total. The molecule has 0 aliphatic heterocycles. The summed E-state index contributed by atoms with van der Waals surface area (Å²) < 4.78 is 2.33. The first-order valence-electron chi connectivity index (χ1n) is 5.04. The molecule has 2 fully saturated rings. The first-order valence-corrected chi connectivity index (χ1v) is 5.04. The minimum absolute atomic E-state index is 1.02. The molecule has 1 aromatic rings. The van der Waals surface area contributed by atoms with E-state index in [0.717, 1.165) is 17.8 Å². The van der Waals surface area contributed by atoms with Crippen molar-refractivity contribution >= 4 is 0 Å². The molecule has 0 bridgehead atoms. The van der Waals surface area contributed by atoms with Crippen LogP contribution in [-0.4, -0.2) is 4.57 Å². The smallest absolute Gasteiger partial charge is 0.0250 e. The van der Waals surface area contributed by atoms with Crippen molar-refractivity contribution in [2.24, 2.45) is 17.8 Å². The molecule has 0 amide bonds. The standard InChI is InChI=1S/C11H15N/c1-2-6-12(5-1)8-10-7-11(10)9-3-4-9/h1-2,5-6,9-11H,3-4,7-8H2. The maximum atomic E-state index is 2.33. The largest absolute Gasteiger partial charge is 0.354 e. The molecule has 0 aromatic carbocycles. The van der Waals surface area contributed by atoms with Gasteiger partial charge in [-0.05, 0) is 49.1 Å². The van der Waals surface area contributed by atoms with Gasteiger partial charge in [0.15, 0.2) is 0 Å². The second-order valence-electron chi connectivity index (χ2n) is 4.38. The highest BCUT2D eigenvalue weighted by molar-refractivity contribution is 4.99. The van der Waals surface area contributed by atoms with Crippen molar-refractivity contribution in [1.29, 1.82) is 0 Å². The van der Waals surface area contributed by atoms with E-state index < -0.39 is 0 Å². The van der Waals surface area contributed by atoms with Crippen LogP contribution in [0.3, 0.4) is 0 Å². The molecule has 0 spiro atoms. The lowest BCUT2D eigenvalue weighted by Crippen LogP contribution is -1.98. The summed E-state index contributed by atoms with van der Waals surface area (Å²) >= 11 is 0. The van der Waals surface area contributed by atoms with Crippen molar-refractivity contribution in [1.82, 2.24) is 4.57 Å². The highest BCUT2D eigenvalue weighted by Crippen LogP contribution is 2.54. The molecule has 0 saturated heterocycles. The summed E-state index contributed by atoms with van der Waals surface area (Å²) in [6.07, 6.45) is 8.91. The van der Waals surface area contributed by atoms with Gasteiger partial charge in [-0.15, -0.1) is 0 Å². The highest BCUT2D eigenvalue weighted by Gasteiger charge is 2.46. The predicted octanol–water partition coefficient (Wildman–Crippen LogP) is 2.53. The van der Waals surface area contributed by atoms with E-state index in [9.17, 15) is 0 Å². The molecule has 2 atom stereocenters. The first kappa shape index (κ1) is 6.76. The fourth-order valence-corrected chi connectivity index (χ4v) is 2.35. The Kier molecular flexibility index (Phi) is 1.34. The highest BCUT2D eigenvalue weighted by atomic mass is 14.9. The lowest BCUT2D eigenvalue weighted by molar-refractivity contribution is 0.549. The minimum atomic E-state index is 1.02. The molecule has 2 aliphatic rings. The molecule has 3 rings (SSSR count). The maximum Gasteiger partial charge on any atom is 0.0250 e. The Bertz CT molecular complexity index is 259. The van der Waals surface area contributed by atoms with Gasteiger partial charge in [-0.2, -0.15) is 0 Å². The van der Waals surface area contributed by atoms with Gasteiger partial charge in [-0.3, -0.25) is 0 Å². The quantitative estimate of drug-likeness (QED) is 0.642. The van der Waals surface area contributed by atoms with E-state index in [0.29, 0.717) is 0 Å². The van der Waals surface area contributed by atoms with Crippen LogP contribution < -0.4 is 0 Å². The Morgan fingerprint density at radius 3 is 2.58 bits per heavy atom. The van der Waals surface area contributed by atoms with Crippen LogP contribution >= 0.6 is 0 Å². The lowest BCUT2D eigenvalue weighted by Gasteiger charge is -2.00. The van der Waals surface area contributed by atoms with E-state index in [2.05, 4.69) is 29.1 Å². The molecule has 2 unspecified atom stereocenters. The number of rotatable bonds is 3. The third kappa shape index (κ3) is 1.17. The topological polar surface area (TPSA) is 4.93 Å². The van der Waals surface area contributed by atoms with Crippen molar-refractivity contribution in [3.63, 3.8) is 0 Å². The lowest BCUT2D eigenvalue weighted by atomic mass is 10.2. The maximum absolute atomic E-state index is 2.33. The molecule has 0 radical (unpaired) electrons. The number of aromatic nitrogens is 1. The molecule has 1 heteroatoms. The molecule has 1 heterocycles. The molecule has 12 heavy (non-hydrogen) atoms. The number of hydrogen-bond donors (Lipinski definition) is 0. The van der Waals surface area contributed by atoms with Gasteiger partial charge in [-0.1, -0.05) is 0 Å². The summed E-state index contributed by atoms with van der Waals surface area (Å²) in [7, 11) is 0. The van der Waals surface area contributed by atoms with Crippen LogP contribution in [0.1, 0.15) is 19.3 Å². The molecule has 1 aromatic heterocycles. The van der Waals surface area contributed by atoms with E-state index in [-0.39, 0.29) is 0 Å². The molecule has 1 nitrogen and oxygen atoms in total. The van der Waals surface area contributed by atoms with Gasteiger partial charge in [0.05, 0.1) is 0 Å². The monoisotopic (exact) mass is 161 g/mol. The van der Waals surface area contributed by atoms with Gasteiger partial charge in [0.2, 0.25) is 0 Å². The minimum Gasteiger partial charge on any atom is -0.354 e. The van der Waals surface area contributed by atoms with Crippen LogP contribution in [0.25, 0.3) is 0 Å². The summed E-state index contributed by atoms with van der Waals surface area (Å²) in [6.45, 7) is 1.27. The summed E-state index contributed by atoms with van der Waals surface area (Å²) in [5.74, 6) is 3.25. The second kappa shape index (κ2) is 2.38. The first-order chi connectivity index (χ1) is 5.93. The van der Waals surface area contributed by atoms with E-state index in [1.165, 1.54) is 25.8 Å². The zero-order valence-corrected chi connectivity index (χ0v) is 7.32. The van der Waals surface area contributed by atoms with Gasteiger partial charge in [0.25, 0.3) is 0 Å². The number of nitrogens with zero attached hydrogens (tertiary/aromatic N) is 1. The fraction of sp³-hybridized carbons (Fsp3) is 0.636. The Hall–Kier alpha value is -0.720. The van der Waals surface area contributed by atoms with E-state index >= 15 is 0 Å². The zero-order valence-electron chi connectivity index (χ0n) is 7.32. The van der Waals surface area contributed by atoms with E-state index in [1.54, 1.807) is 0 Å². The SMILES string of the molecule is c1ccn(CC2CC2C2CC2)c1. The summed E-state index contributed by atoms with van der Waals surface area (Å²) in [5, 5.41) is 0. The van der Waals surface area contributed by atoms with Gasteiger partial charge < -0.3 is 4.57 Å². The Morgan fingerprint density at radius 2 is 1.92 bits per heavy atom. The third-order valence-electron chi connectivity index (χ3n) is 3.32. The van der Waals surface area contributed by atoms with Crippen LogP contribution in [0.2, 0.25) is 0 Å². The van der Waals surface area contributed by atoms with Gasteiger partial charge in [0, 0.05) is 18.9 Å². The van der Waals surface area contributed by atoms with Crippen LogP contribution in [0, 0.1) is 17.8 Å². The Morgan fingerprint density at radius 1 is 1.17 bits per heavy atom. The van der Waals surface area contributed by atoms with Crippen molar-refractivity contribution in [2.75, 3.05) is 0 Å². The predicted molar refractivity (Wildman–Crippen MR) is 48.8 cm³/mol. The number of hydrogen-bond acceptors (Lipinski definition) is 0. The average Bonchev–Trinajstić information content (AvgIpc) is 2.91. The third-order valence-corrected chi connectivity index (χ3v) is 3.32. The second-order valence-corrected chi connectivity index (χ2v) is 4.38. The van der Waals surface area contributed by atoms with Gasteiger partial charge in [-0.25, -0.2) is 0 Å². The normalized spacial score (nSPS) is 33.7. The molecule has 64 valence electrons. The zero-order chi connectivity index (χ0) is 7.97. The van der Waals surface area contributed by atoms with Crippen molar-refractivity contribution in [3.8, 4) is 0 Å². The van der Waals surface area contributed by atoms with Crippen LogP contribution in [0.4, 0.5) is 0 Å². The Balaban J connectivity index is 1.57. The van der Waals surface area contributed by atoms with Crippen LogP contribution in [0.5, 0.6) is 0 Å². The molecular formula is C11H15N. The fourth-order valence-electron chi connectivity index (χ4n) is 2.35. The van der Waals surface area contributed by atoms with Crippen LogP contribution in [-0.2, 0) is 6.54 Å². The molecule has 2 saturated carbocycles. The summed E-state index contributed by atoms with van der Waals surface area (Å²) in [5.41, 5.74) is 0. The molecular weight excluding hydrogens is 146 g/mol. The van der Waals surface area contributed by atoms with E-state index in [4.69, 9.17) is 0 Å². The molecule has 2 aliphatic carbocycles. The van der Waals surface area contributed by atoms with E-state index in [1.807, 2.05) is 0 Å². The Labute approximate surface area is 73.4 Å². The van der Waals surface area contributed by atoms with Gasteiger partial charge >= 0.3 is 0 Å². The average molecular weight is 161 g/mol. The van der Waals surface area contributed by atoms with Crippen molar-refractivity contribution in [3.05, 3.63) is 24.5 Å². The summed E-state index contributed by atoms with van der Waals surface area (Å²) in [6, 6.07) is 4.24. The van der Waals surface area contributed by atoms with Crippen LogP contribution in [0.15, 0.2) is 24.5 Å². The van der Waals surface area contributed by atoms with Crippen molar-refractivity contribution in [2.45, 2.75) is 25.8 Å². The summed E-state index contributed by atoms with van der Waals surface area (Å²) in [4.78, 5) is 0. The van der Waals surface area contributed by atoms with Gasteiger partial charge in [0.1, 0.15) is 0 Å².